The zero-order valence-corrected chi connectivity index (χ0v) is 12.8. The first kappa shape index (κ1) is 15.0. The predicted molar refractivity (Wildman–Crippen MR) is 85.9 cm³/mol. The maximum absolute atomic E-state index is 12.5. The number of amides is 2. The second-order valence-electron chi connectivity index (χ2n) is 6.07. The van der Waals surface area contributed by atoms with Crippen molar-refractivity contribution < 1.29 is 9.59 Å². The molecule has 2 aliphatic heterocycles. The van der Waals surface area contributed by atoms with Gasteiger partial charge in [0.05, 0.1) is 6.04 Å². The minimum Gasteiger partial charge on any atom is -0.339 e. The highest BCUT2D eigenvalue weighted by molar-refractivity contribution is 5.98. The summed E-state index contributed by atoms with van der Waals surface area (Å²) in [5.41, 5.74) is 1.35. The van der Waals surface area contributed by atoms with Crippen molar-refractivity contribution in [3.8, 4) is 0 Å². The third-order valence-corrected chi connectivity index (χ3v) is 4.40. The minimum absolute atomic E-state index is 0.0138. The van der Waals surface area contributed by atoms with E-state index < -0.39 is 0 Å². The molecular formula is C17H23N3O2. The van der Waals surface area contributed by atoms with Gasteiger partial charge in [-0.3, -0.25) is 9.59 Å². The molecule has 0 radical (unpaired) electrons. The Labute approximate surface area is 131 Å². The van der Waals surface area contributed by atoms with Crippen LogP contribution in [0.15, 0.2) is 24.3 Å². The Kier molecular flexibility index (Phi) is 4.73. The van der Waals surface area contributed by atoms with Crippen LogP contribution >= 0.6 is 0 Å². The Bertz CT molecular complexity index is 547. The van der Waals surface area contributed by atoms with Crippen LogP contribution in [-0.2, 0) is 4.79 Å². The highest BCUT2D eigenvalue weighted by Crippen LogP contribution is 2.17. The average Bonchev–Trinajstić information content (AvgIpc) is 3.10. The molecule has 0 aliphatic carbocycles. The number of carbonyl (C=O) groups is 2. The van der Waals surface area contributed by atoms with E-state index in [1.165, 1.54) is 6.42 Å². The molecule has 1 unspecified atom stereocenters. The van der Waals surface area contributed by atoms with Crippen molar-refractivity contribution in [3.05, 3.63) is 29.8 Å². The molecule has 2 amide bonds. The first-order valence-electron chi connectivity index (χ1n) is 8.17. The van der Waals surface area contributed by atoms with Gasteiger partial charge in [0.15, 0.2) is 0 Å². The molecule has 1 aromatic rings. The molecule has 0 saturated carbocycles. The third-order valence-electron chi connectivity index (χ3n) is 4.40. The summed E-state index contributed by atoms with van der Waals surface area (Å²) in [4.78, 5) is 26.5. The van der Waals surface area contributed by atoms with E-state index in [9.17, 15) is 9.59 Å². The van der Waals surface area contributed by atoms with Crippen LogP contribution in [0.4, 0.5) is 5.69 Å². The van der Waals surface area contributed by atoms with E-state index in [4.69, 9.17) is 0 Å². The summed E-state index contributed by atoms with van der Waals surface area (Å²) in [5.74, 6) is 0.0508. The lowest BCUT2D eigenvalue weighted by atomic mass is 10.1. The molecule has 5 heteroatoms. The van der Waals surface area contributed by atoms with E-state index in [-0.39, 0.29) is 17.9 Å². The summed E-state index contributed by atoms with van der Waals surface area (Å²) in [7, 11) is 0. The highest BCUT2D eigenvalue weighted by atomic mass is 16.2. The number of likely N-dealkylation sites (tertiary alicyclic amines) is 1. The van der Waals surface area contributed by atoms with Gasteiger partial charge in [0.1, 0.15) is 0 Å². The lowest BCUT2D eigenvalue weighted by Crippen LogP contribution is -2.36. The molecule has 0 bridgehead atoms. The fraction of sp³-hybridized carbons (Fsp3) is 0.529. The van der Waals surface area contributed by atoms with Crippen molar-refractivity contribution in [2.45, 2.75) is 38.1 Å². The molecule has 2 saturated heterocycles. The lowest BCUT2D eigenvalue weighted by molar-refractivity contribution is -0.117. The van der Waals surface area contributed by atoms with E-state index in [1.54, 1.807) is 6.07 Å². The summed E-state index contributed by atoms with van der Waals surface area (Å²) in [6.45, 7) is 2.56. The van der Waals surface area contributed by atoms with Crippen LogP contribution in [0.5, 0.6) is 0 Å². The van der Waals surface area contributed by atoms with Crippen molar-refractivity contribution >= 4 is 17.5 Å². The van der Waals surface area contributed by atoms with E-state index in [1.807, 2.05) is 23.1 Å². The van der Waals surface area contributed by atoms with Gasteiger partial charge in [-0.25, -0.2) is 0 Å². The van der Waals surface area contributed by atoms with Gasteiger partial charge in [0.2, 0.25) is 5.91 Å². The fourth-order valence-corrected chi connectivity index (χ4v) is 3.15. The molecule has 22 heavy (non-hydrogen) atoms. The van der Waals surface area contributed by atoms with Crippen LogP contribution in [0.1, 0.15) is 42.5 Å². The molecule has 1 atom stereocenters. The fourth-order valence-electron chi connectivity index (χ4n) is 3.15. The number of piperidine rings is 1. The number of anilines is 1. The van der Waals surface area contributed by atoms with Crippen LogP contribution in [0.3, 0.4) is 0 Å². The maximum Gasteiger partial charge on any atom is 0.253 e. The van der Waals surface area contributed by atoms with Gasteiger partial charge in [-0.15, -0.1) is 0 Å². The monoisotopic (exact) mass is 301 g/mol. The topological polar surface area (TPSA) is 61.4 Å². The maximum atomic E-state index is 12.5. The molecule has 2 N–H and O–H groups in total. The molecule has 3 rings (SSSR count). The largest absolute Gasteiger partial charge is 0.339 e. The average molecular weight is 301 g/mol. The normalized spacial score (nSPS) is 21.6. The van der Waals surface area contributed by atoms with E-state index in [0.717, 1.165) is 45.3 Å². The van der Waals surface area contributed by atoms with Gasteiger partial charge in [-0.2, -0.15) is 0 Å². The van der Waals surface area contributed by atoms with Crippen molar-refractivity contribution in [1.82, 2.24) is 10.2 Å². The number of carbonyl (C=O) groups excluding carboxylic acids is 2. The molecule has 1 aromatic carbocycles. The summed E-state index contributed by atoms with van der Waals surface area (Å²) in [6, 6.07) is 7.15. The third kappa shape index (κ3) is 3.47. The van der Waals surface area contributed by atoms with Gasteiger partial charge in [-0.05, 0) is 56.8 Å². The predicted octanol–water partition coefficient (Wildman–Crippen LogP) is 2.00. The quantitative estimate of drug-likeness (QED) is 0.897. The molecule has 2 heterocycles. The second kappa shape index (κ2) is 6.92. The van der Waals surface area contributed by atoms with Crippen LogP contribution in [0, 0.1) is 0 Å². The number of hydrogen-bond donors (Lipinski definition) is 2. The molecular weight excluding hydrogens is 278 g/mol. The smallest absolute Gasteiger partial charge is 0.253 e. The second-order valence-corrected chi connectivity index (χ2v) is 6.07. The lowest BCUT2D eigenvalue weighted by Gasteiger charge is -2.26. The molecule has 118 valence electrons. The van der Waals surface area contributed by atoms with Crippen molar-refractivity contribution in [1.29, 1.82) is 0 Å². The standard InChI is InChI=1S/C17H23N3O2/c21-16(15-8-5-9-18-15)19-14-7-4-6-13(12-14)17(22)20-10-2-1-3-11-20/h4,6-7,12,15,18H,1-3,5,8-11H2,(H,19,21). The van der Waals surface area contributed by atoms with Crippen LogP contribution in [0.2, 0.25) is 0 Å². The SMILES string of the molecule is O=C(Nc1cccc(C(=O)N2CCCCC2)c1)C1CCCN1. The number of hydrogen-bond acceptors (Lipinski definition) is 3. The van der Waals surface area contributed by atoms with E-state index >= 15 is 0 Å². The Morgan fingerprint density at radius 3 is 2.68 bits per heavy atom. The summed E-state index contributed by atoms with van der Waals surface area (Å²) < 4.78 is 0. The Balaban J connectivity index is 1.66. The minimum atomic E-state index is -0.110. The zero-order valence-electron chi connectivity index (χ0n) is 12.8. The molecule has 0 aromatic heterocycles. The van der Waals surface area contributed by atoms with Crippen LogP contribution in [0.25, 0.3) is 0 Å². The van der Waals surface area contributed by atoms with E-state index in [2.05, 4.69) is 10.6 Å². The van der Waals surface area contributed by atoms with Crippen LogP contribution in [-0.4, -0.2) is 42.4 Å². The van der Waals surface area contributed by atoms with Crippen molar-refractivity contribution in [2.75, 3.05) is 25.0 Å². The zero-order chi connectivity index (χ0) is 15.4. The van der Waals surface area contributed by atoms with Gasteiger partial charge >= 0.3 is 0 Å². The van der Waals surface area contributed by atoms with Gasteiger partial charge in [0.25, 0.3) is 5.91 Å². The molecule has 5 nitrogen and oxygen atoms in total. The molecule has 2 aliphatic rings. The summed E-state index contributed by atoms with van der Waals surface area (Å²) >= 11 is 0. The van der Waals surface area contributed by atoms with Crippen LogP contribution < -0.4 is 10.6 Å². The first-order chi connectivity index (χ1) is 10.7. The number of rotatable bonds is 3. The van der Waals surface area contributed by atoms with Crippen molar-refractivity contribution in [3.63, 3.8) is 0 Å². The van der Waals surface area contributed by atoms with Gasteiger partial charge in [0, 0.05) is 24.3 Å². The Hall–Kier alpha value is -1.88. The summed E-state index contributed by atoms with van der Waals surface area (Å²) in [6.07, 6.45) is 5.27. The Morgan fingerprint density at radius 1 is 1.14 bits per heavy atom. The highest BCUT2D eigenvalue weighted by Gasteiger charge is 2.22. The molecule has 0 spiro atoms. The Morgan fingerprint density at radius 2 is 1.95 bits per heavy atom. The van der Waals surface area contributed by atoms with Gasteiger partial charge in [-0.1, -0.05) is 6.07 Å². The first-order valence-corrected chi connectivity index (χ1v) is 8.17. The number of nitrogens with one attached hydrogen (secondary N) is 2. The van der Waals surface area contributed by atoms with Gasteiger partial charge < -0.3 is 15.5 Å². The molecule has 2 fully saturated rings. The number of benzene rings is 1. The summed E-state index contributed by atoms with van der Waals surface area (Å²) in [5, 5.41) is 6.09. The van der Waals surface area contributed by atoms with Crippen molar-refractivity contribution in [2.24, 2.45) is 0 Å². The number of nitrogens with zero attached hydrogens (tertiary/aromatic N) is 1. The van der Waals surface area contributed by atoms with E-state index in [0.29, 0.717) is 11.3 Å².